The van der Waals surface area contributed by atoms with Gasteiger partial charge in [0.05, 0.1) is 6.10 Å². The Balaban J connectivity index is 1.64. The lowest BCUT2D eigenvalue weighted by molar-refractivity contribution is 0.195. The maximum Gasteiger partial charge on any atom is 0.175 e. The van der Waals surface area contributed by atoms with Crippen LogP contribution in [0.25, 0.3) is 0 Å². The molecule has 0 bridgehead atoms. The van der Waals surface area contributed by atoms with Gasteiger partial charge in [-0.25, -0.2) is 0 Å². The lowest BCUT2D eigenvalue weighted by Crippen LogP contribution is -2.29. The monoisotopic (exact) mass is 277 g/mol. The first-order valence-corrected chi connectivity index (χ1v) is 8.22. The Morgan fingerprint density at radius 2 is 2.25 bits per heavy atom. The Bertz CT molecular complexity index is 330. The second kappa shape index (κ2) is 6.20. The Morgan fingerprint density at radius 3 is 2.88 bits per heavy atom. The third kappa shape index (κ3) is 4.21. The molecule has 0 amide bonds. The molecule has 16 heavy (non-hydrogen) atoms. The van der Waals surface area contributed by atoms with Crippen LogP contribution >= 0.6 is 34.9 Å². The van der Waals surface area contributed by atoms with Crippen molar-refractivity contribution in [1.29, 1.82) is 0 Å². The van der Waals surface area contributed by atoms with E-state index in [1.54, 1.807) is 34.9 Å². The summed E-state index contributed by atoms with van der Waals surface area (Å²) in [6, 6.07) is 0.657. The lowest BCUT2D eigenvalue weighted by Gasteiger charge is -2.09. The average Bonchev–Trinajstić information content (AvgIpc) is 3.01. The summed E-state index contributed by atoms with van der Waals surface area (Å²) in [4.78, 5) is 0. The Morgan fingerprint density at radius 1 is 1.50 bits per heavy atom. The fraction of sp³-hybridized carbons (Fsp3) is 0.778. The molecule has 2 rings (SSSR count). The highest BCUT2D eigenvalue weighted by Gasteiger charge is 2.21. The highest BCUT2D eigenvalue weighted by Crippen LogP contribution is 2.27. The molecule has 2 N–H and O–H groups in total. The van der Waals surface area contributed by atoms with Crippen molar-refractivity contribution in [3.8, 4) is 0 Å². The van der Waals surface area contributed by atoms with Gasteiger partial charge in [0.1, 0.15) is 0 Å². The van der Waals surface area contributed by atoms with Crippen molar-refractivity contribution in [2.45, 2.75) is 33.7 Å². The highest BCUT2D eigenvalue weighted by molar-refractivity contribution is 8.02. The number of nitrogens with one attached hydrogen (secondary N) is 1. The van der Waals surface area contributed by atoms with Gasteiger partial charge in [0, 0.05) is 18.3 Å². The maximum absolute atomic E-state index is 9.72. The molecule has 0 radical (unpaired) electrons. The fourth-order valence-corrected chi connectivity index (χ4v) is 3.55. The van der Waals surface area contributed by atoms with Gasteiger partial charge in [-0.05, 0) is 19.1 Å². The molecule has 7 heteroatoms. The summed E-state index contributed by atoms with van der Waals surface area (Å²) in [5.41, 5.74) is 0. The van der Waals surface area contributed by atoms with Gasteiger partial charge >= 0.3 is 0 Å². The molecule has 0 saturated heterocycles. The zero-order valence-electron chi connectivity index (χ0n) is 9.05. The zero-order chi connectivity index (χ0) is 11.4. The van der Waals surface area contributed by atoms with Crippen molar-refractivity contribution < 1.29 is 5.11 Å². The van der Waals surface area contributed by atoms with E-state index in [-0.39, 0.29) is 6.10 Å². The van der Waals surface area contributed by atoms with Gasteiger partial charge < -0.3 is 10.4 Å². The van der Waals surface area contributed by atoms with E-state index in [1.807, 2.05) is 6.26 Å². The number of nitrogens with zero attached hydrogens (tertiary/aromatic N) is 2. The van der Waals surface area contributed by atoms with Gasteiger partial charge in [0.2, 0.25) is 0 Å². The van der Waals surface area contributed by atoms with Crippen molar-refractivity contribution in [3.63, 3.8) is 0 Å². The van der Waals surface area contributed by atoms with Crippen molar-refractivity contribution in [2.75, 3.05) is 18.6 Å². The molecule has 90 valence electrons. The molecule has 1 heterocycles. The molecule has 0 aromatic carbocycles. The van der Waals surface area contributed by atoms with Gasteiger partial charge in [0.15, 0.2) is 8.68 Å². The number of thioether (sulfide) groups is 2. The Hall–Kier alpha value is 0.180. The quantitative estimate of drug-likeness (QED) is 0.736. The maximum atomic E-state index is 9.72. The Labute approximate surface area is 108 Å². The van der Waals surface area contributed by atoms with Crippen LogP contribution in [0.3, 0.4) is 0 Å². The molecule has 1 aliphatic carbocycles. The predicted molar refractivity (Wildman–Crippen MR) is 69.4 cm³/mol. The van der Waals surface area contributed by atoms with E-state index in [0.29, 0.717) is 18.3 Å². The first-order chi connectivity index (χ1) is 7.78. The molecule has 4 nitrogen and oxygen atoms in total. The highest BCUT2D eigenvalue weighted by atomic mass is 32.2. The number of aromatic nitrogens is 2. The summed E-state index contributed by atoms with van der Waals surface area (Å²) >= 11 is 4.77. The molecule has 1 fully saturated rings. The van der Waals surface area contributed by atoms with Crippen molar-refractivity contribution in [3.05, 3.63) is 0 Å². The van der Waals surface area contributed by atoms with Crippen LogP contribution in [-0.4, -0.2) is 46.0 Å². The standard InChI is InChI=1S/C9H15N3OS3/c1-14-8-11-12-9(16-8)15-5-7(13)4-10-6-2-3-6/h6-7,10,13H,2-5H2,1H3. The van der Waals surface area contributed by atoms with E-state index >= 15 is 0 Å². The summed E-state index contributed by atoms with van der Waals surface area (Å²) in [6.07, 6.45) is 4.21. The molecule has 1 atom stereocenters. The predicted octanol–water partition coefficient (Wildman–Crippen LogP) is 1.47. The number of rotatable bonds is 7. The topological polar surface area (TPSA) is 58.0 Å². The number of aliphatic hydroxyl groups excluding tert-OH is 1. The van der Waals surface area contributed by atoms with Crippen LogP contribution in [0.4, 0.5) is 0 Å². The average molecular weight is 277 g/mol. The van der Waals surface area contributed by atoms with E-state index < -0.39 is 0 Å². The smallest absolute Gasteiger partial charge is 0.175 e. The molecule has 1 saturated carbocycles. The third-order valence-electron chi connectivity index (χ3n) is 2.18. The van der Waals surface area contributed by atoms with E-state index in [1.165, 1.54) is 12.8 Å². The largest absolute Gasteiger partial charge is 0.391 e. The molecule has 1 aromatic heterocycles. The van der Waals surface area contributed by atoms with Crippen molar-refractivity contribution >= 4 is 34.9 Å². The SMILES string of the molecule is CSc1nnc(SCC(O)CNC2CC2)s1. The van der Waals surface area contributed by atoms with Crippen molar-refractivity contribution in [2.24, 2.45) is 0 Å². The van der Waals surface area contributed by atoms with Gasteiger partial charge in [-0.1, -0.05) is 34.9 Å². The van der Waals surface area contributed by atoms with Gasteiger partial charge in [-0.15, -0.1) is 10.2 Å². The summed E-state index contributed by atoms with van der Waals surface area (Å²) in [5, 5.41) is 21.1. The molecule has 1 aliphatic rings. The zero-order valence-corrected chi connectivity index (χ0v) is 11.5. The molecule has 0 spiro atoms. The van der Waals surface area contributed by atoms with Crippen LogP contribution in [0.5, 0.6) is 0 Å². The summed E-state index contributed by atoms with van der Waals surface area (Å²) in [6.45, 7) is 0.686. The van der Waals surface area contributed by atoms with Gasteiger partial charge in [0.25, 0.3) is 0 Å². The first kappa shape index (κ1) is 12.6. The van der Waals surface area contributed by atoms with Crippen molar-refractivity contribution in [1.82, 2.24) is 15.5 Å². The fourth-order valence-electron chi connectivity index (χ4n) is 1.15. The lowest BCUT2D eigenvalue weighted by atomic mass is 10.4. The second-order valence-corrected chi connectivity index (χ2v) is 6.98. The van der Waals surface area contributed by atoms with Crippen LogP contribution in [0.2, 0.25) is 0 Å². The number of aliphatic hydroxyl groups is 1. The van der Waals surface area contributed by atoms with Gasteiger partial charge in [-0.3, -0.25) is 0 Å². The van der Waals surface area contributed by atoms with Crippen LogP contribution in [0.15, 0.2) is 8.68 Å². The number of hydrogen-bond donors (Lipinski definition) is 2. The normalized spacial score (nSPS) is 17.6. The van der Waals surface area contributed by atoms with E-state index in [4.69, 9.17) is 0 Å². The molecule has 1 aromatic rings. The minimum atomic E-state index is -0.299. The van der Waals surface area contributed by atoms with Crippen LogP contribution in [0, 0.1) is 0 Å². The summed E-state index contributed by atoms with van der Waals surface area (Å²) in [5.74, 6) is 0.683. The molecular weight excluding hydrogens is 262 g/mol. The van der Waals surface area contributed by atoms with Crippen LogP contribution in [-0.2, 0) is 0 Å². The summed E-state index contributed by atoms with van der Waals surface area (Å²) < 4.78 is 1.92. The van der Waals surface area contributed by atoms with E-state index in [0.717, 1.165) is 8.68 Å². The minimum Gasteiger partial charge on any atom is -0.391 e. The Kier molecular flexibility index (Phi) is 4.90. The van der Waals surface area contributed by atoms with E-state index in [2.05, 4.69) is 15.5 Å². The van der Waals surface area contributed by atoms with E-state index in [9.17, 15) is 5.11 Å². The molecule has 0 aliphatic heterocycles. The van der Waals surface area contributed by atoms with Gasteiger partial charge in [-0.2, -0.15) is 0 Å². The minimum absolute atomic E-state index is 0.299. The third-order valence-corrected chi connectivity index (χ3v) is 5.36. The number of hydrogen-bond acceptors (Lipinski definition) is 7. The first-order valence-electron chi connectivity index (χ1n) is 5.19. The van der Waals surface area contributed by atoms with Crippen LogP contribution in [0.1, 0.15) is 12.8 Å². The molecule has 1 unspecified atom stereocenters. The summed E-state index contributed by atoms with van der Waals surface area (Å²) in [7, 11) is 0. The molecular formula is C9H15N3OS3. The second-order valence-electron chi connectivity index (χ2n) is 3.69. The van der Waals surface area contributed by atoms with Crippen LogP contribution < -0.4 is 5.32 Å².